The quantitative estimate of drug-likeness (QED) is 0.642. The van der Waals surface area contributed by atoms with Gasteiger partial charge in [0, 0.05) is 18.4 Å². The highest BCUT2D eigenvalue weighted by Crippen LogP contribution is 2.48. The molecule has 5 atom stereocenters. The molecule has 158 valence electrons. The van der Waals surface area contributed by atoms with Crippen molar-refractivity contribution in [1.29, 1.82) is 0 Å². The summed E-state index contributed by atoms with van der Waals surface area (Å²) in [5.41, 5.74) is 1.44. The van der Waals surface area contributed by atoms with E-state index in [-0.39, 0.29) is 29.9 Å². The van der Waals surface area contributed by atoms with E-state index < -0.39 is 12.0 Å². The Labute approximate surface area is 185 Å². The molecule has 0 radical (unpaired) electrons. The number of fused-ring (bicyclic) bond motifs is 2. The van der Waals surface area contributed by atoms with Gasteiger partial charge in [0.05, 0.1) is 34.7 Å². The minimum atomic E-state index is -0.482. The summed E-state index contributed by atoms with van der Waals surface area (Å²) in [6.07, 6.45) is 1.01. The number of benzene rings is 2. The molecule has 2 aliphatic rings. The normalized spacial score (nSPS) is 28.2. The van der Waals surface area contributed by atoms with Gasteiger partial charge in [-0.25, -0.2) is 4.79 Å². The molecule has 2 saturated heterocycles. The number of piperidine rings is 1. The van der Waals surface area contributed by atoms with Crippen molar-refractivity contribution in [2.24, 2.45) is 5.92 Å². The first-order valence-electron chi connectivity index (χ1n) is 9.91. The van der Waals surface area contributed by atoms with Gasteiger partial charge in [0.2, 0.25) is 0 Å². The summed E-state index contributed by atoms with van der Waals surface area (Å²) in [6, 6.07) is 14.3. The predicted molar refractivity (Wildman–Crippen MR) is 115 cm³/mol. The molecule has 0 unspecified atom stereocenters. The third-order valence-corrected chi connectivity index (χ3v) is 7.11. The van der Waals surface area contributed by atoms with Crippen molar-refractivity contribution in [3.05, 3.63) is 69.7 Å². The average Bonchev–Trinajstić information content (AvgIpc) is 2.94. The Morgan fingerprint density at radius 2 is 1.77 bits per heavy atom. The minimum Gasteiger partial charge on any atom is -0.469 e. The number of likely N-dealkylation sites (N-methyl/N-ethyl adjacent to an activating group) is 1. The first-order chi connectivity index (χ1) is 14.4. The van der Waals surface area contributed by atoms with Gasteiger partial charge in [-0.3, -0.25) is 9.69 Å². The molecular formula is C23H23Cl2NO4. The molecule has 2 bridgehead atoms. The topological polar surface area (TPSA) is 55.8 Å². The number of carbonyl (C=O) groups excluding carboxylic acids is 2. The van der Waals surface area contributed by atoms with Crippen molar-refractivity contribution in [3.8, 4) is 0 Å². The Balaban J connectivity index is 1.65. The Hall–Kier alpha value is -2.08. The number of ether oxygens (including phenoxy) is 2. The van der Waals surface area contributed by atoms with Crippen LogP contribution in [-0.2, 0) is 14.3 Å². The predicted octanol–water partition coefficient (Wildman–Crippen LogP) is 4.57. The van der Waals surface area contributed by atoms with Crippen LogP contribution in [0.4, 0.5) is 0 Å². The van der Waals surface area contributed by atoms with Gasteiger partial charge in [-0.05, 0) is 43.3 Å². The van der Waals surface area contributed by atoms with E-state index in [1.807, 2.05) is 25.2 Å². The van der Waals surface area contributed by atoms with E-state index >= 15 is 0 Å². The molecule has 30 heavy (non-hydrogen) atoms. The Morgan fingerprint density at radius 3 is 2.43 bits per heavy atom. The fraction of sp³-hybridized carbons (Fsp3) is 0.391. The highest BCUT2D eigenvalue weighted by molar-refractivity contribution is 6.42. The van der Waals surface area contributed by atoms with Crippen LogP contribution >= 0.6 is 23.2 Å². The van der Waals surface area contributed by atoms with E-state index in [0.29, 0.717) is 22.0 Å². The second kappa shape index (κ2) is 8.58. The van der Waals surface area contributed by atoms with Crippen molar-refractivity contribution >= 4 is 35.1 Å². The Morgan fingerprint density at radius 1 is 1.03 bits per heavy atom. The van der Waals surface area contributed by atoms with E-state index in [2.05, 4.69) is 4.90 Å². The van der Waals surface area contributed by atoms with Crippen molar-refractivity contribution in [2.75, 3.05) is 14.2 Å². The summed E-state index contributed by atoms with van der Waals surface area (Å²) >= 11 is 12.3. The maximum Gasteiger partial charge on any atom is 0.338 e. The van der Waals surface area contributed by atoms with Crippen molar-refractivity contribution < 1.29 is 19.1 Å². The summed E-state index contributed by atoms with van der Waals surface area (Å²) in [5.74, 6) is -1.27. The average molecular weight is 448 g/mol. The third-order valence-electron chi connectivity index (χ3n) is 6.37. The number of esters is 2. The lowest BCUT2D eigenvalue weighted by atomic mass is 9.76. The molecular weight excluding hydrogens is 425 g/mol. The molecule has 0 spiro atoms. The van der Waals surface area contributed by atoms with E-state index in [4.69, 9.17) is 32.7 Å². The fourth-order valence-corrected chi connectivity index (χ4v) is 5.23. The zero-order valence-corrected chi connectivity index (χ0v) is 18.3. The van der Waals surface area contributed by atoms with Crippen molar-refractivity contribution in [3.63, 3.8) is 0 Å². The zero-order valence-electron chi connectivity index (χ0n) is 16.8. The Kier molecular flexibility index (Phi) is 6.05. The van der Waals surface area contributed by atoms with Gasteiger partial charge in [0.25, 0.3) is 0 Å². The first kappa shape index (κ1) is 21.2. The summed E-state index contributed by atoms with van der Waals surface area (Å²) in [7, 11) is 3.37. The van der Waals surface area contributed by atoms with Crippen molar-refractivity contribution in [2.45, 2.75) is 36.9 Å². The van der Waals surface area contributed by atoms with Gasteiger partial charge in [0.1, 0.15) is 6.10 Å². The number of methoxy groups -OCH3 is 1. The second-order valence-corrected chi connectivity index (χ2v) is 8.73. The molecule has 0 aliphatic carbocycles. The van der Waals surface area contributed by atoms with E-state index in [0.717, 1.165) is 12.0 Å². The van der Waals surface area contributed by atoms with Crippen LogP contribution in [0.1, 0.15) is 34.7 Å². The van der Waals surface area contributed by atoms with E-state index in [1.165, 1.54) is 7.11 Å². The maximum atomic E-state index is 12.9. The molecule has 5 nitrogen and oxygen atoms in total. The molecule has 0 aromatic heterocycles. The third kappa shape index (κ3) is 3.82. The molecule has 2 aromatic carbocycles. The monoisotopic (exact) mass is 447 g/mol. The van der Waals surface area contributed by atoms with E-state index in [1.54, 1.807) is 30.3 Å². The zero-order chi connectivity index (χ0) is 21.4. The van der Waals surface area contributed by atoms with Gasteiger partial charge in [0.15, 0.2) is 0 Å². The molecule has 2 aromatic rings. The largest absolute Gasteiger partial charge is 0.469 e. The molecule has 2 aliphatic heterocycles. The van der Waals surface area contributed by atoms with Gasteiger partial charge in [-0.2, -0.15) is 0 Å². The van der Waals surface area contributed by atoms with Crippen LogP contribution in [0, 0.1) is 5.92 Å². The van der Waals surface area contributed by atoms with Crippen LogP contribution in [0.5, 0.6) is 0 Å². The number of hydrogen-bond donors (Lipinski definition) is 0. The smallest absolute Gasteiger partial charge is 0.338 e. The summed E-state index contributed by atoms with van der Waals surface area (Å²) in [4.78, 5) is 27.7. The number of nitrogens with zero attached hydrogens (tertiary/aromatic N) is 1. The number of carbonyl (C=O) groups is 2. The van der Waals surface area contributed by atoms with E-state index in [9.17, 15) is 9.59 Å². The summed E-state index contributed by atoms with van der Waals surface area (Å²) < 4.78 is 11.1. The summed E-state index contributed by atoms with van der Waals surface area (Å²) in [6.45, 7) is 0. The van der Waals surface area contributed by atoms with Gasteiger partial charge in [-0.15, -0.1) is 0 Å². The SMILES string of the molecule is COC(=O)[C@@H]1[C@H]2[C@@H](OC(=O)c3ccccc3)C[C@@H](C[C@H]1c1ccc(Cl)c(Cl)c1)N2C. The number of halogens is 2. The highest BCUT2D eigenvalue weighted by Gasteiger charge is 2.55. The van der Waals surface area contributed by atoms with Gasteiger partial charge in [-0.1, -0.05) is 47.5 Å². The lowest BCUT2D eigenvalue weighted by Gasteiger charge is -2.42. The molecule has 7 heteroatoms. The minimum absolute atomic E-state index is 0.0983. The van der Waals surface area contributed by atoms with Crippen LogP contribution in [0.2, 0.25) is 10.0 Å². The molecule has 2 fully saturated rings. The molecule has 0 saturated carbocycles. The van der Waals surface area contributed by atoms with Gasteiger partial charge >= 0.3 is 11.9 Å². The van der Waals surface area contributed by atoms with Crippen LogP contribution in [0.3, 0.4) is 0 Å². The standard InChI is InChI=1S/C23H23Cl2NO4/c1-26-15-11-16(14-8-9-17(24)18(25)10-14)20(23(28)29-2)21(26)19(12-15)30-22(27)13-6-4-3-5-7-13/h3-10,15-16,19-21H,11-12H2,1-2H3/t15-,16+,19+,20+,21-/m1/s1. The van der Waals surface area contributed by atoms with Crippen molar-refractivity contribution in [1.82, 2.24) is 4.90 Å². The lowest BCUT2D eigenvalue weighted by molar-refractivity contribution is -0.151. The van der Waals surface area contributed by atoms with Crippen LogP contribution < -0.4 is 0 Å². The van der Waals surface area contributed by atoms with Crippen LogP contribution in [0.25, 0.3) is 0 Å². The van der Waals surface area contributed by atoms with Crippen LogP contribution in [-0.4, -0.2) is 49.2 Å². The second-order valence-electron chi connectivity index (χ2n) is 7.92. The maximum absolute atomic E-state index is 12.9. The number of hydrogen-bond acceptors (Lipinski definition) is 5. The first-order valence-corrected chi connectivity index (χ1v) is 10.7. The van der Waals surface area contributed by atoms with Crippen LogP contribution in [0.15, 0.2) is 48.5 Å². The Bertz CT molecular complexity index is 951. The highest BCUT2D eigenvalue weighted by atomic mass is 35.5. The van der Waals surface area contributed by atoms with Gasteiger partial charge < -0.3 is 9.47 Å². The molecule has 2 heterocycles. The summed E-state index contributed by atoms with van der Waals surface area (Å²) in [5, 5.41) is 0.928. The molecule has 0 N–H and O–H groups in total. The molecule has 0 amide bonds. The molecule has 4 rings (SSSR count). The number of rotatable bonds is 4. The lowest BCUT2D eigenvalue weighted by Crippen LogP contribution is -2.52. The fourth-order valence-electron chi connectivity index (χ4n) is 4.93.